The van der Waals surface area contributed by atoms with Gasteiger partial charge in [0.05, 0.1) is 12.6 Å². The molecule has 0 bridgehead atoms. The second-order valence-electron chi connectivity index (χ2n) is 5.38. The van der Waals surface area contributed by atoms with Crippen molar-refractivity contribution in [3.63, 3.8) is 0 Å². The molecule has 1 aromatic rings. The zero-order valence-electron chi connectivity index (χ0n) is 14.1. The van der Waals surface area contributed by atoms with Gasteiger partial charge in [0.1, 0.15) is 11.6 Å². The first-order valence-corrected chi connectivity index (χ1v) is 7.30. The average molecular weight is 480 g/mol. The Morgan fingerprint density at radius 3 is 2.44 bits per heavy atom. The summed E-state index contributed by atoms with van der Waals surface area (Å²) in [6.07, 6.45) is -4.25. The minimum atomic E-state index is -4.25. The minimum Gasteiger partial charge on any atom is -0.355 e. The zero-order chi connectivity index (χ0) is 18.3. The second kappa shape index (κ2) is 10.7. The van der Waals surface area contributed by atoms with E-state index in [0.29, 0.717) is 5.96 Å². The number of aliphatic imine (C=N–C) groups is 1. The maximum absolute atomic E-state index is 13.7. The Kier molecular flexibility index (Phi) is 10.2. The van der Waals surface area contributed by atoms with E-state index in [0.717, 1.165) is 17.0 Å². The van der Waals surface area contributed by atoms with Crippen LogP contribution in [0, 0.1) is 11.6 Å². The summed E-state index contributed by atoms with van der Waals surface area (Å²) in [6, 6.07) is 2.77. The number of rotatable bonds is 6. The van der Waals surface area contributed by atoms with E-state index in [1.807, 2.05) is 0 Å². The Bertz CT molecular complexity index is 565. The fourth-order valence-electron chi connectivity index (χ4n) is 2.08. The highest BCUT2D eigenvalue weighted by atomic mass is 127. The molecule has 0 radical (unpaired) electrons. The van der Waals surface area contributed by atoms with Crippen LogP contribution in [0.4, 0.5) is 22.0 Å². The van der Waals surface area contributed by atoms with E-state index in [2.05, 4.69) is 15.6 Å². The Morgan fingerprint density at radius 1 is 1.28 bits per heavy atom. The Labute approximate surface area is 160 Å². The molecule has 0 spiro atoms. The van der Waals surface area contributed by atoms with Gasteiger partial charge in [-0.1, -0.05) is 6.07 Å². The minimum absolute atomic E-state index is 0. The van der Waals surface area contributed by atoms with Crippen molar-refractivity contribution in [1.29, 1.82) is 0 Å². The molecular weight excluding hydrogens is 458 g/mol. The molecule has 1 aromatic carbocycles. The van der Waals surface area contributed by atoms with Crippen LogP contribution in [0.25, 0.3) is 0 Å². The Morgan fingerprint density at radius 2 is 1.92 bits per heavy atom. The summed E-state index contributed by atoms with van der Waals surface area (Å²) in [4.78, 5) is 5.06. The third-order valence-electron chi connectivity index (χ3n) is 3.24. The van der Waals surface area contributed by atoms with E-state index in [4.69, 9.17) is 0 Å². The highest BCUT2D eigenvalue weighted by Gasteiger charge is 2.28. The maximum Gasteiger partial charge on any atom is 0.401 e. The number of alkyl halides is 3. The monoisotopic (exact) mass is 480 g/mol. The molecule has 0 saturated heterocycles. The van der Waals surface area contributed by atoms with Gasteiger partial charge in [0.2, 0.25) is 0 Å². The first-order chi connectivity index (χ1) is 11.1. The van der Waals surface area contributed by atoms with Crippen LogP contribution in [0.3, 0.4) is 0 Å². The van der Waals surface area contributed by atoms with Crippen LogP contribution in [0.15, 0.2) is 23.2 Å². The van der Waals surface area contributed by atoms with Gasteiger partial charge >= 0.3 is 6.18 Å². The third-order valence-corrected chi connectivity index (χ3v) is 3.24. The molecule has 1 rings (SSSR count). The predicted octanol–water partition coefficient (Wildman–Crippen LogP) is 3.30. The maximum atomic E-state index is 13.7. The van der Waals surface area contributed by atoms with E-state index in [1.165, 1.54) is 20.2 Å². The van der Waals surface area contributed by atoms with Crippen LogP contribution in [-0.4, -0.2) is 50.8 Å². The molecule has 144 valence electrons. The van der Waals surface area contributed by atoms with Crippen molar-refractivity contribution in [2.24, 2.45) is 4.99 Å². The van der Waals surface area contributed by atoms with E-state index in [9.17, 15) is 22.0 Å². The van der Waals surface area contributed by atoms with Crippen molar-refractivity contribution < 1.29 is 22.0 Å². The molecule has 0 amide bonds. The lowest BCUT2D eigenvalue weighted by Gasteiger charge is -2.21. The SMILES string of the molecule is CN=C(NCCN(C)CC(F)(F)F)NC(C)c1ccc(F)cc1F.I. The van der Waals surface area contributed by atoms with E-state index >= 15 is 0 Å². The summed E-state index contributed by atoms with van der Waals surface area (Å²) in [5.74, 6) is -1.04. The number of halogens is 6. The Hall–Kier alpha value is -1.17. The molecule has 0 heterocycles. The summed E-state index contributed by atoms with van der Waals surface area (Å²) in [5.41, 5.74) is 0.258. The lowest BCUT2D eigenvalue weighted by molar-refractivity contribution is -0.142. The van der Waals surface area contributed by atoms with Crippen LogP contribution in [0.5, 0.6) is 0 Å². The quantitative estimate of drug-likeness (QED) is 0.284. The molecule has 0 aliphatic rings. The third kappa shape index (κ3) is 9.19. The average Bonchev–Trinajstić information content (AvgIpc) is 2.43. The number of benzene rings is 1. The Balaban J connectivity index is 0.00000576. The summed E-state index contributed by atoms with van der Waals surface area (Å²) >= 11 is 0. The van der Waals surface area contributed by atoms with Crippen molar-refractivity contribution >= 4 is 29.9 Å². The highest BCUT2D eigenvalue weighted by Crippen LogP contribution is 2.17. The molecule has 0 fully saturated rings. The lowest BCUT2D eigenvalue weighted by atomic mass is 10.1. The predicted molar refractivity (Wildman–Crippen MR) is 98.2 cm³/mol. The first kappa shape index (κ1) is 23.8. The molecule has 0 aliphatic carbocycles. The van der Waals surface area contributed by atoms with Gasteiger partial charge in [0, 0.05) is 31.8 Å². The smallest absolute Gasteiger partial charge is 0.355 e. The number of hydrogen-bond donors (Lipinski definition) is 2. The van der Waals surface area contributed by atoms with Gasteiger partial charge in [-0.2, -0.15) is 13.2 Å². The largest absolute Gasteiger partial charge is 0.401 e. The van der Waals surface area contributed by atoms with Gasteiger partial charge < -0.3 is 10.6 Å². The molecule has 0 saturated carbocycles. The number of nitrogens with zero attached hydrogens (tertiary/aromatic N) is 2. The second-order valence-corrected chi connectivity index (χ2v) is 5.38. The summed E-state index contributed by atoms with van der Waals surface area (Å²) < 4.78 is 63.3. The normalized spacial score (nSPS) is 13.4. The summed E-state index contributed by atoms with van der Waals surface area (Å²) in [6.45, 7) is 1.04. The summed E-state index contributed by atoms with van der Waals surface area (Å²) in [5, 5.41) is 5.75. The zero-order valence-corrected chi connectivity index (χ0v) is 16.5. The molecular formula is C15H22F5IN4. The van der Waals surface area contributed by atoms with Crippen molar-refractivity contribution in [1.82, 2.24) is 15.5 Å². The summed E-state index contributed by atoms with van der Waals surface area (Å²) in [7, 11) is 2.85. The molecule has 10 heteroatoms. The molecule has 25 heavy (non-hydrogen) atoms. The van der Waals surface area contributed by atoms with Crippen LogP contribution < -0.4 is 10.6 Å². The van der Waals surface area contributed by atoms with Crippen LogP contribution >= 0.6 is 24.0 Å². The molecule has 0 aromatic heterocycles. The van der Waals surface area contributed by atoms with Gasteiger partial charge in [-0.25, -0.2) is 8.78 Å². The molecule has 1 unspecified atom stereocenters. The first-order valence-electron chi connectivity index (χ1n) is 7.30. The fraction of sp³-hybridized carbons (Fsp3) is 0.533. The highest BCUT2D eigenvalue weighted by molar-refractivity contribution is 14.0. The molecule has 2 N–H and O–H groups in total. The van der Waals surface area contributed by atoms with Crippen LogP contribution in [0.1, 0.15) is 18.5 Å². The topological polar surface area (TPSA) is 39.7 Å². The van der Waals surface area contributed by atoms with Gasteiger partial charge in [-0.3, -0.25) is 9.89 Å². The number of nitrogens with one attached hydrogen (secondary N) is 2. The number of guanidine groups is 1. The van der Waals surface area contributed by atoms with E-state index < -0.39 is 30.4 Å². The number of hydrogen-bond acceptors (Lipinski definition) is 2. The molecule has 1 atom stereocenters. The van der Waals surface area contributed by atoms with Crippen molar-refractivity contribution in [3.8, 4) is 0 Å². The van der Waals surface area contributed by atoms with Gasteiger partial charge in [0.15, 0.2) is 5.96 Å². The molecule has 4 nitrogen and oxygen atoms in total. The van der Waals surface area contributed by atoms with Crippen LogP contribution in [-0.2, 0) is 0 Å². The van der Waals surface area contributed by atoms with Gasteiger partial charge in [-0.05, 0) is 20.0 Å². The van der Waals surface area contributed by atoms with Crippen molar-refractivity contribution in [2.45, 2.75) is 19.1 Å². The van der Waals surface area contributed by atoms with E-state index in [-0.39, 0.29) is 42.6 Å². The fourth-order valence-corrected chi connectivity index (χ4v) is 2.08. The van der Waals surface area contributed by atoms with Crippen molar-refractivity contribution in [3.05, 3.63) is 35.4 Å². The van der Waals surface area contributed by atoms with Gasteiger partial charge in [-0.15, -0.1) is 24.0 Å². The van der Waals surface area contributed by atoms with Crippen LogP contribution in [0.2, 0.25) is 0 Å². The van der Waals surface area contributed by atoms with Crippen molar-refractivity contribution in [2.75, 3.05) is 33.7 Å². The standard InChI is InChI=1S/C15H21F5N4.HI/c1-10(12-5-4-11(16)8-13(12)17)23-14(21-2)22-6-7-24(3)9-15(18,19)20;/h4-5,8,10H,6-7,9H2,1-3H3,(H2,21,22,23);1H. The molecule has 0 aliphatic heterocycles. The van der Waals surface area contributed by atoms with Gasteiger partial charge in [0.25, 0.3) is 0 Å². The lowest BCUT2D eigenvalue weighted by Crippen LogP contribution is -2.43. The van der Waals surface area contributed by atoms with E-state index in [1.54, 1.807) is 6.92 Å². The number of likely N-dealkylation sites (N-methyl/N-ethyl adjacent to an activating group) is 1.